The Kier molecular flexibility index (Phi) is 5.50. The van der Waals surface area contributed by atoms with Crippen LogP contribution in [0.25, 0.3) is 6.08 Å². The van der Waals surface area contributed by atoms with E-state index in [4.69, 9.17) is 16.3 Å². The molecule has 0 saturated carbocycles. The molecule has 0 radical (unpaired) electrons. The predicted octanol–water partition coefficient (Wildman–Crippen LogP) is 5.78. The first kappa shape index (κ1) is 16.8. The Morgan fingerprint density at radius 3 is 2.32 bits per heavy atom. The molecule has 0 aliphatic heterocycles. The molecule has 0 spiro atoms. The van der Waals surface area contributed by atoms with Gasteiger partial charge >= 0.3 is 0 Å². The lowest BCUT2D eigenvalue weighted by molar-refractivity contribution is -0.111. The quantitative estimate of drug-likeness (QED) is 0.592. The third-order valence-electron chi connectivity index (χ3n) is 3.41. The molecule has 0 aliphatic carbocycles. The molecular formula is C21H16ClNO2. The SMILES string of the molecule is O=C(C=Cc1ccc(Cl)cc1)Nc1ccccc1Oc1ccccc1. The lowest BCUT2D eigenvalue weighted by atomic mass is 10.2. The monoisotopic (exact) mass is 349 g/mol. The summed E-state index contributed by atoms with van der Waals surface area (Å²) in [6.45, 7) is 0. The topological polar surface area (TPSA) is 38.3 Å². The van der Waals surface area contributed by atoms with Gasteiger partial charge in [0.15, 0.2) is 5.75 Å². The van der Waals surface area contributed by atoms with Crippen LogP contribution < -0.4 is 10.1 Å². The van der Waals surface area contributed by atoms with Crippen molar-refractivity contribution in [3.8, 4) is 11.5 Å². The number of para-hydroxylation sites is 3. The largest absolute Gasteiger partial charge is 0.455 e. The first-order valence-electron chi connectivity index (χ1n) is 7.77. The van der Waals surface area contributed by atoms with Crippen molar-refractivity contribution in [1.82, 2.24) is 0 Å². The van der Waals surface area contributed by atoms with Gasteiger partial charge in [-0.3, -0.25) is 4.79 Å². The summed E-state index contributed by atoms with van der Waals surface area (Å²) in [5.41, 5.74) is 1.51. The van der Waals surface area contributed by atoms with E-state index in [1.807, 2.05) is 60.7 Å². The van der Waals surface area contributed by atoms with Crippen LogP contribution in [0.5, 0.6) is 11.5 Å². The van der Waals surface area contributed by atoms with E-state index in [1.54, 1.807) is 24.3 Å². The van der Waals surface area contributed by atoms with Crippen molar-refractivity contribution in [1.29, 1.82) is 0 Å². The molecule has 0 saturated heterocycles. The molecular weight excluding hydrogens is 334 g/mol. The first-order chi connectivity index (χ1) is 12.2. The van der Waals surface area contributed by atoms with Crippen LogP contribution in [0, 0.1) is 0 Å². The molecule has 1 amide bonds. The molecule has 3 aromatic carbocycles. The molecule has 3 rings (SSSR count). The number of carbonyl (C=O) groups excluding carboxylic acids is 1. The number of anilines is 1. The number of benzene rings is 3. The molecule has 4 heteroatoms. The molecule has 3 aromatic rings. The molecule has 0 unspecified atom stereocenters. The van der Waals surface area contributed by atoms with Crippen LogP contribution in [0.3, 0.4) is 0 Å². The minimum absolute atomic E-state index is 0.237. The average Bonchev–Trinajstić information content (AvgIpc) is 2.64. The molecule has 124 valence electrons. The summed E-state index contributed by atoms with van der Waals surface area (Å²) in [5.74, 6) is 1.06. The lowest BCUT2D eigenvalue weighted by Gasteiger charge is -2.11. The Morgan fingerprint density at radius 1 is 0.880 bits per heavy atom. The van der Waals surface area contributed by atoms with Gasteiger partial charge in [-0.05, 0) is 48.0 Å². The van der Waals surface area contributed by atoms with Crippen LogP contribution >= 0.6 is 11.6 Å². The summed E-state index contributed by atoms with van der Waals surface area (Å²) in [7, 11) is 0. The summed E-state index contributed by atoms with van der Waals surface area (Å²) < 4.78 is 5.83. The number of carbonyl (C=O) groups is 1. The molecule has 0 heterocycles. The van der Waals surface area contributed by atoms with Crippen LogP contribution in [-0.2, 0) is 4.79 Å². The number of ether oxygens (including phenoxy) is 1. The van der Waals surface area contributed by atoms with Gasteiger partial charge in [0.1, 0.15) is 5.75 Å². The minimum Gasteiger partial charge on any atom is -0.455 e. The first-order valence-corrected chi connectivity index (χ1v) is 8.15. The van der Waals surface area contributed by atoms with E-state index in [9.17, 15) is 4.79 Å². The van der Waals surface area contributed by atoms with E-state index in [1.165, 1.54) is 6.08 Å². The van der Waals surface area contributed by atoms with Gasteiger partial charge in [0.2, 0.25) is 5.91 Å². The Bertz CT molecular complexity index is 874. The zero-order valence-corrected chi connectivity index (χ0v) is 14.1. The smallest absolute Gasteiger partial charge is 0.248 e. The highest BCUT2D eigenvalue weighted by atomic mass is 35.5. The third kappa shape index (κ3) is 4.96. The number of hydrogen-bond acceptors (Lipinski definition) is 2. The van der Waals surface area contributed by atoms with Crippen LogP contribution in [0.2, 0.25) is 5.02 Å². The van der Waals surface area contributed by atoms with Gasteiger partial charge in [0.25, 0.3) is 0 Å². The van der Waals surface area contributed by atoms with E-state index in [2.05, 4.69) is 5.32 Å². The van der Waals surface area contributed by atoms with Crippen LogP contribution in [-0.4, -0.2) is 5.91 Å². The second kappa shape index (κ2) is 8.18. The molecule has 0 atom stereocenters. The van der Waals surface area contributed by atoms with E-state index in [0.717, 1.165) is 5.56 Å². The zero-order valence-electron chi connectivity index (χ0n) is 13.4. The average molecular weight is 350 g/mol. The maximum Gasteiger partial charge on any atom is 0.248 e. The molecule has 1 N–H and O–H groups in total. The van der Waals surface area contributed by atoms with Crippen molar-refractivity contribution in [2.75, 3.05) is 5.32 Å². The highest BCUT2D eigenvalue weighted by Crippen LogP contribution is 2.29. The summed E-state index contributed by atoms with van der Waals surface area (Å²) in [4.78, 5) is 12.2. The fourth-order valence-corrected chi connectivity index (χ4v) is 2.32. The maximum absolute atomic E-state index is 12.2. The van der Waals surface area contributed by atoms with Crippen molar-refractivity contribution < 1.29 is 9.53 Å². The van der Waals surface area contributed by atoms with Gasteiger partial charge in [0.05, 0.1) is 5.69 Å². The molecule has 0 fully saturated rings. The molecule has 0 aromatic heterocycles. The van der Waals surface area contributed by atoms with Gasteiger partial charge in [0, 0.05) is 11.1 Å². The fourth-order valence-electron chi connectivity index (χ4n) is 2.19. The fraction of sp³-hybridized carbons (Fsp3) is 0. The summed E-state index contributed by atoms with van der Waals surface area (Å²) in [6, 6.07) is 24.0. The van der Waals surface area contributed by atoms with Crippen molar-refractivity contribution in [2.24, 2.45) is 0 Å². The standard InChI is InChI=1S/C21H16ClNO2/c22-17-13-10-16(11-14-17)12-15-21(24)23-19-8-4-5-9-20(19)25-18-6-2-1-3-7-18/h1-15H,(H,23,24). The van der Waals surface area contributed by atoms with Crippen molar-refractivity contribution in [3.63, 3.8) is 0 Å². The Hall–Kier alpha value is -3.04. The van der Waals surface area contributed by atoms with E-state index < -0.39 is 0 Å². The van der Waals surface area contributed by atoms with E-state index in [0.29, 0.717) is 22.2 Å². The Balaban J connectivity index is 1.70. The highest BCUT2D eigenvalue weighted by Gasteiger charge is 2.06. The summed E-state index contributed by atoms with van der Waals surface area (Å²) in [6.07, 6.45) is 3.20. The van der Waals surface area contributed by atoms with Gasteiger partial charge in [-0.15, -0.1) is 0 Å². The van der Waals surface area contributed by atoms with Gasteiger partial charge in [-0.2, -0.15) is 0 Å². The predicted molar refractivity (Wildman–Crippen MR) is 102 cm³/mol. The van der Waals surface area contributed by atoms with E-state index in [-0.39, 0.29) is 5.91 Å². The zero-order chi connectivity index (χ0) is 17.5. The second-order valence-electron chi connectivity index (χ2n) is 5.29. The summed E-state index contributed by atoms with van der Waals surface area (Å²) >= 11 is 5.85. The van der Waals surface area contributed by atoms with Crippen LogP contribution in [0.4, 0.5) is 5.69 Å². The number of hydrogen-bond donors (Lipinski definition) is 1. The Morgan fingerprint density at radius 2 is 1.56 bits per heavy atom. The number of amides is 1. The normalized spacial score (nSPS) is 10.6. The molecule has 0 bridgehead atoms. The van der Waals surface area contributed by atoms with Crippen LogP contribution in [0.1, 0.15) is 5.56 Å². The van der Waals surface area contributed by atoms with Crippen molar-refractivity contribution in [2.45, 2.75) is 0 Å². The Labute approximate surface area is 151 Å². The van der Waals surface area contributed by atoms with Gasteiger partial charge in [-0.25, -0.2) is 0 Å². The molecule has 3 nitrogen and oxygen atoms in total. The van der Waals surface area contributed by atoms with Crippen molar-refractivity contribution in [3.05, 3.63) is 95.5 Å². The van der Waals surface area contributed by atoms with Gasteiger partial charge < -0.3 is 10.1 Å². The summed E-state index contributed by atoms with van der Waals surface area (Å²) in [5, 5.41) is 3.50. The minimum atomic E-state index is -0.237. The lowest BCUT2D eigenvalue weighted by Crippen LogP contribution is -2.08. The third-order valence-corrected chi connectivity index (χ3v) is 3.67. The van der Waals surface area contributed by atoms with Crippen molar-refractivity contribution >= 4 is 29.3 Å². The molecule has 25 heavy (non-hydrogen) atoms. The second-order valence-corrected chi connectivity index (χ2v) is 5.72. The highest BCUT2D eigenvalue weighted by molar-refractivity contribution is 6.30. The molecule has 0 aliphatic rings. The number of nitrogens with one attached hydrogen (secondary N) is 1. The van der Waals surface area contributed by atoms with E-state index >= 15 is 0 Å². The van der Waals surface area contributed by atoms with Crippen LogP contribution in [0.15, 0.2) is 84.9 Å². The number of halogens is 1. The van der Waals surface area contributed by atoms with Gasteiger partial charge in [-0.1, -0.05) is 54.1 Å². The number of rotatable bonds is 5. The maximum atomic E-state index is 12.2.